The lowest BCUT2D eigenvalue weighted by Crippen LogP contribution is -2.15. The molecule has 3 nitrogen and oxygen atoms in total. The van der Waals surface area contributed by atoms with Crippen molar-refractivity contribution in [3.05, 3.63) is 222 Å². The van der Waals surface area contributed by atoms with Crippen molar-refractivity contribution in [3.8, 4) is 67.5 Å². The van der Waals surface area contributed by atoms with E-state index in [2.05, 4.69) is 227 Å². The number of para-hydroxylation sites is 1. The number of rotatable bonds is 5. The first-order valence-corrected chi connectivity index (χ1v) is 25.4. The summed E-state index contributed by atoms with van der Waals surface area (Å²) in [6.07, 6.45) is 0. The molecule has 0 amide bonds. The van der Waals surface area contributed by atoms with Crippen molar-refractivity contribution in [2.24, 2.45) is 0 Å². The Kier molecular flexibility index (Phi) is 8.85. The van der Waals surface area contributed by atoms with Gasteiger partial charge >= 0.3 is 0 Å². The first-order valence-electron chi connectivity index (χ1n) is 23.7. The van der Waals surface area contributed by atoms with Crippen molar-refractivity contribution < 1.29 is 9.47 Å². The van der Waals surface area contributed by atoms with Crippen LogP contribution in [0.25, 0.3) is 55.3 Å². The molecule has 0 bridgehead atoms. The van der Waals surface area contributed by atoms with Gasteiger partial charge in [-0.05, 0) is 110 Å². The second-order valence-corrected chi connectivity index (χ2v) is 21.7. The SMILES string of the molecule is CC1(C)c2ccccc2-c2c1ccc1c2Oc2c(cccc2-c2ccc(N(c3ccc(-c4cccc5c4Sc4c(ccc6c4-c4ccccc4C6(C)C)S5)cc3)c3cccc4ccccc34)cc2)O1. The van der Waals surface area contributed by atoms with Crippen molar-refractivity contribution >= 4 is 51.4 Å². The summed E-state index contributed by atoms with van der Waals surface area (Å²) in [5.41, 5.74) is 18.0. The van der Waals surface area contributed by atoms with Gasteiger partial charge in [0.15, 0.2) is 23.0 Å². The molecular weight excluding hydrogens is 879 g/mol. The van der Waals surface area contributed by atoms with Gasteiger partial charge in [0.2, 0.25) is 0 Å². The average Bonchev–Trinajstić information content (AvgIpc) is 3.77. The second-order valence-electron chi connectivity index (χ2n) is 19.6. The zero-order valence-corrected chi connectivity index (χ0v) is 40.3. The first-order chi connectivity index (χ1) is 33.7. The van der Waals surface area contributed by atoms with Crippen LogP contribution in [0, 0.1) is 0 Å². The molecule has 14 rings (SSSR count). The molecule has 10 aromatic carbocycles. The Balaban J connectivity index is 0.830. The molecule has 0 saturated heterocycles. The molecular formula is C64H45NO2S2. The third-order valence-electron chi connectivity index (χ3n) is 15.0. The molecule has 4 aliphatic rings. The van der Waals surface area contributed by atoms with Gasteiger partial charge in [-0.1, -0.05) is 197 Å². The number of anilines is 3. The standard InChI is InChI=1S/C64H45NO2S2/c1-63(2)48-21-9-7-17-46(48)57-50(63)34-36-54-60(57)67-59-44(19-12-24-53(59)66-54)39-26-30-41(31-27-39)65(52-23-11-15-38-14-5-6-16-43(38)52)42-32-28-40(29-33-42)45-20-13-25-55-61(45)69-62-56(68-55)37-35-51-58(62)47-18-8-10-22-49(47)64(51,3)4/h5-37H,1-4H3. The Morgan fingerprint density at radius 2 is 0.928 bits per heavy atom. The normalized spacial score (nSPS) is 14.7. The van der Waals surface area contributed by atoms with E-state index in [1.165, 1.54) is 80.4 Å². The third kappa shape index (κ3) is 6.03. The summed E-state index contributed by atoms with van der Waals surface area (Å²) in [5, 5.41) is 2.38. The quantitative estimate of drug-likeness (QED) is 0.171. The minimum Gasteiger partial charge on any atom is -0.449 e. The van der Waals surface area contributed by atoms with E-state index in [4.69, 9.17) is 9.47 Å². The van der Waals surface area contributed by atoms with Crippen LogP contribution in [-0.2, 0) is 10.8 Å². The van der Waals surface area contributed by atoms with Gasteiger partial charge in [-0.3, -0.25) is 0 Å². The number of ether oxygens (including phenoxy) is 2. The lowest BCUT2D eigenvalue weighted by Gasteiger charge is -2.28. The Labute approximate surface area is 411 Å². The van der Waals surface area contributed by atoms with Crippen LogP contribution in [0.3, 0.4) is 0 Å². The minimum absolute atomic E-state index is 0.0404. The van der Waals surface area contributed by atoms with Crippen molar-refractivity contribution in [3.63, 3.8) is 0 Å². The summed E-state index contributed by atoms with van der Waals surface area (Å²) in [5.74, 6) is 2.97. The number of nitrogens with zero attached hydrogens (tertiary/aromatic N) is 1. The molecule has 10 aromatic rings. The summed E-state index contributed by atoms with van der Waals surface area (Å²) in [6, 6.07) is 72.9. The van der Waals surface area contributed by atoms with Crippen molar-refractivity contribution in [2.45, 2.75) is 58.1 Å². The largest absolute Gasteiger partial charge is 0.449 e. The highest BCUT2D eigenvalue weighted by Crippen LogP contribution is 2.61. The molecule has 0 fully saturated rings. The van der Waals surface area contributed by atoms with Crippen LogP contribution >= 0.6 is 23.5 Å². The number of hydrogen-bond acceptors (Lipinski definition) is 5. The molecule has 5 heteroatoms. The van der Waals surface area contributed by atoms with Crippen LogP contribution < -0.4 is 14.4 Å². The van der Waals surface area contributed by atoms with Gasteiger partial charge in [0.1, 0.15) is 0 Å². The fourth-order valence-corrected chi connectivity index (χ4v) is 14.1. The Morgan fingerprint density at radius 1 is 0.377 bits per heavy atom. The monoisotopic (exact) mass is 923 g/mol. The van der Waals surface area contributed by atoms with E-state index in [0.717, 1.165) is 51.0 Å². The summed E-state index contributed by atoms with van der Waals surface area (Å²) in [7, 11) is 0. The molecule has 69 heavy (non-hydrogen) atoms. The maximum absolute atomic E-state index is 7.02. The summed E-state index contributed by atoms with van der Waals surface area (Å²) in [6.45, 7) is 9.32. The van der Waals surface area contributed by atoms with Gasteiger partial charge < -0.3 is 14.4 Å². The van der Waals surface area contributed by atoms with E-state index in [0.29, 0.717) is 5.75 Å². The van der Waals surface area contributed by atoms with E-state index in [1.807, 2.05) is 29.6 Å². The molecule has 0 aromatic heterocycles. The molecule has 0 atom stereocenters. The zero-order chi connectivity index (χ0) is 46.2. The third-order valence-corrected chi connectivity index (χ3v) is 17.7. The maximum atomic E-state index is 7.02. The molecule has 2 heterocycles. The van der Waals surface area contributed by atoms with Crippen molar-refractivity contribution in [1.82, 2.24) is 0 Å². The number of fused-ring (bicyclic) bond motifs is 13. The predicted octanol–water partition coefficient (Wildman–Crippen LogP) is 18.8. The van der Waals surface area contributed by atoms with Crippen LogP contribution in [-0.4, -0.2) is 0 Å². The highest BCUT2D eigenvalue weighted by Gasteiger charge is 2.41. The van der Waals surface area contributed by atoms with Crippen molar-refractivity contribution in [1.29, 1.82) is 0 Å². The van der Waals surface area contributed by atoms with Gasteiger partial charge in [-0.25, -0.2) is 0 Å². The van der Waals surface area contributed by atoms with Gasteiger partial charge in [0.25, 0.3) is 0 Å². The molecule has 2 aliphatic heterocycles. The zero-order valence-electron chi connectivity index (χ0n) is 38.6. The fraction of sp³-hybridized carbons (Fsp3) is 0.0938. The van der Waals surface area contributed by atoms with Crippen LogP contribution in [0.5, 0.6) is 23.0 Å². The van der Waals surface area contributed by atoms with Gasteiger partial charge in [0, 0.05) is 63.9 Å². The fourth-order valence-electron chi connectivity index (χ4n) is 11.6. The summed E-state index contributed by atoms with van der Waals surface area (Å²) >= 11 is 3.84. The van der Waals surface area contributed by atoms with Gasteiger partial charge in [-0.2, -0.15) is 0 Å². The van der Waals surface area contributed by atoms with Crippen molar-refractivity contribution in [2.75, 3.05) is 4.90 Å². The molecule has 0 spiro atoms. The molecule has 330 valence electrons. The lowest BCUT2D eigenvalue weighted by molar-refractivity contribution is 0.361. The topological polar surface area (TPSA) is 21.7 Å². The molecule has 2 aliphatic carbocycles. The van der Waals surface area contributed by atoms with E-state index < -0.39 is 0 Å². The second kappa shape index (κ2) is 15.0. The highest BCUT2D eigenvalue weighted by atomic mass is 32.2. The predicted molar refractivity (Wildman–Crippen MR) is 286 cm³/mol. The first kappa shape index (κ1) is 40.6. The Morgan fingerprint density at radius 3 is 1.68 bits per heavy atom. The Hall–Kier alpha value is -7.44. The van der Waals surface area contributed by atoms with Crippen LogP contribution in [0.4, 0.5) is 17.1 Å². The van der Waals surface area contributed by atoms with Crippen LogP contribution in [0.1, 0.15) is 49.9 Å². The highest BCUT2D eigenvalue weighted by molar-refractivity contribution is 8.05. The van der Waals surface area contributed by atoms with E-state index in [-0.39, 0.29) is 10.8 Å². The Bertz CT molecular complexity index is 3580. The maximum Gasteiger partial charge on any atom is 0.178 e. The lowest BCUT2D eigenvalue weighted by atomic mass is 9.82. The number of hydrogen-bond donors (Lipinski definition) is 0. The summed E-state index contributed by atoms with van der Waals surface area (Å²) in [4.78, 5) is 7.71. The molecule has 0 saturated carbocycles. The van der Waals surface area contributed by atoms with E-state index in [1.54, 1.807) is 0 Å². The average molecular weight is 924 g/mol. The summed E-state index contributed by atoms with van der Waals surface area (Å²) < 4.78 is 13.7. The van der Waals surface area contributed by atoms with E-state index in [9.17, 15) is 0 Å². The van der Waals surface area contributed by atoms with Gasteiger partial charge in [-0.15, -0.1) is 0 Å². The van der Waals surface area contributed by atoms with E-state index >= 15 is 0 Å². The van der Waals surface area contributed by atoms with Crippen LogP contribution in [0.2, 0.25) is 0 Å². The van der Waals surface area contributed by atoms with Gasteiger partial charge in [0.05, 0.1) is 5.69 Å². The smallest absolute Gasteiger partial charge is 0.178 e. The molecule has 0 unspecified atom stereocenters. The number of benzene rings is 10. The van der Waals surface area contributed by atoms with Crippen LogP contribution in [0.15, 0.2) is 220 Å². The molecule has 0 radical (unpaired) electrons. The minimum atomic E-state index is -0.145. The molecule has 0 N–H and O–H groups in total.